The molecule has 2 rings (SSSR count). The largest absolute Gasteiger partial charge is 0.355 e. The van der Waals surface area contributed by atoms with Crippen LogP contribution in [-0.2, 0) is 11.2 Å². The van der Waals surface area contributed by atoms with Gasteiger partial charge in [0, 0.05) is 24.0 Å². The molecule has 1 unspecified atom stereocenters. The van der Waals surface area contributed by atoms with Gasteiger partial charge in [-0.25, -0.2) is 0 Å². The molecule has 0 bridgehead atoms. The van der Waals surface area contributed by atoms with E-state index in [1.807, 2.05) is 24.3 Å². The minimum atomic E-state index is 0. The van der Waals surface area contributed by atoms with Crippen molar-refractivity contribution in [1.82, 2.24) is 5.32 Å². The van der Waals surface area contributed by atoms with Crippen LogP contribution in [0.5, 0.6) is 0 Å². The molecule has 1 aliphatic rings. The summed E-state index contributed by atoms with van der Waals surface area (Å²) in [6.07, 6.45) is 4.74. The highest BCUT2D eigenvalue weighted by Gasteiger charge is 2.28. The van der Waals surface area contributed by atoms with Gasteiger partial charge in [0.25, 0.3) is 0 Å². The summed E-state index contributed by atoms with van der Waals surface area (Å²) in [6, 6.07) is 7.91. The van der Waals surface area contributed by atoms with Crippen molar-refractivity contribution in [2.75, 3.05) is 6.54 Å². The van der Waals surface area contributed by atoms with E-state index < -0.39 is 0 Å². The molecule has 1 aromatic rings. The fourth-order valence-electron chi connectivity index (χ4n) is 2.12. The number of hydrogen-bond acceptors (Lipinski definition) is 2. The molecule has 1 aliphatic carbocycles. The van der Waals surface area contributed by atoms with Gasteiger partial charge in [-0.1, -0.05) is 23.7 Å². The van der Waals surface area contributed by atoms with Crippen molar-refractivity contribution in [3.63, 3.8) is 0 Å². The number of rotatable bonds is 7. The molecule has 3 N–H and O–H groups in total. The number of carbonyl (C=O) groups excluding carboxylic acids is 1. The lowest BCUT2D eigenvalue weighted by Gasteiger charge is -2.11. The van der Waals surface area contributed by atoms with Gasteiger partial charge in [0.2, 0.25) is 5.91 Å². The molecule has 0 heterocycles. The Morgan fingerprint density at radius 2 is 2.00 bits per heavy atom. The average Bonchev–Trinajstić information content (AvgIpc) is 3.23. The third-order valence-electron chi connectivity index (χ3n) is 3.54. The molecule has 0 radical (unpaired) electrons. The van der Waals surface area contributed by atoms with Crippen molar-refractivity contribution in [2.24, 2.45) is 11.7 Å². The average molecular weight is 317 g/mol. The Bertz CT molecular complexity index is 418. The predicted octanol–water partition coefficient (Wildman–Crippen LogP) is 2.94. The molecular weight excluding hydrogens is 295 g/mol. The van der Waals surface area contributed by atoms with Crippen LogP contribution in [0.4, 0.5) is 0 Å². The molecule has 1 amide bonds. The van der Waals surface area contributed by atoms with E-state index in [0.29, 0.717) is 18.9 Å². The second kappa shape index (κ2) is 8.50. The van der Waals surface area contributed by atoms with Crippen LogP contribution < -0.4 is 11.1 Å². The van der Waals surface area contributed by atoms with E-state index in [0.717, 1.165) is 17.9 Å². The number of amides is 1. The van der Waals surface area contributed by atoms with Gasteiger partial charge in [-0.2, -0.15) is 0 Å². The lowest BCUT2D eigenvalue weighted by atomic mass is 10.1. The van der Waals surface area contributed by atoms with Crippen molar-refractivity contribution >= 4 is 29.9 Å². The fraction of sp³-hybridized carbons (Fsp3) is 0.533. The summed E-state index contributed by atoms with van der Waals surface area (Å²) in [6.45, 7) is 0.616. The summed E-state index contributed by atoms with van der Waals surface area (Å²) in [5.41, 5.74) is 7.15. The van der Waals surface area contributed by atoms with Crippen LogP contribution in [0.25, 0.3) is 0 Å². The van der Waals surface area contributed by atoms with E-state index in [1.54, 1.807) is 0 Å². The van der Waals surface area contributed by atoms with E-state index in [9.17, 15) is 4.79 Å². The third-order valence-corrected chi connectivity index (χ3v) is 3.80. The minimum Gasteiger partial charge on any atom is -0.355 e. The summed E-state index contributed by atoms with van der Waals surface area (Å²) >= 11 is 5.82. The number of halogens is 2. The van der Waals surface area contributed by atoms with Crippen molar-refractivity contribution in [1.29, 1.82) is 0 Å². The highest BCUT2D eigenvalue weighted by molar-refractivity contribution is 6.30. The van der Waals surface area contributed by atoms with Crippen molar-refractivity contribution in [3.05, 3.63) is 34.9 Å². The Kier molecular flexibility index (Phi) is 7.35. The molecule has 0 spiro atoms. The van der Waals surface area contributed by atoms with E-state index >= 15 is 0 Å². The summed E-state index contributed by atoms with van der Waals surface area (Å²) in [5.74, 6) is 0.736. The highest BCUT2D eigenvalue weighted by Crippen LogP contribution is 2.31. The van der Waals surface area contributed by atoms with Gasteiger partial charge in [0.05, 0.1) is 0 Å². The van der Waals surface area contributed by atoms with E-state index in [4.69, 9.17) is 17.3 Å². The Labute approximate surface area is 131 Å². The number of hydrogen-bond donors (Lipinski definition) is 2. The van der Waals surface area contributed by atoms with Gasteiger partial charge < -0.3 is 11.1 Å². The molecule has 1 atom stereocenters. The standard InChI is InChI=1S/C15H21ClN2O.ClH/c16-13-8-4-11(5-9-13)2-1-3-15(19)18-10-14(17)12-6-7-12;/h4-5,8-9,12,14H,1-3,6-7,10,17H2,(H,18,19);1H. The first kappa shape index (κ1) is 17.3. The van der Waals surface area contributed by atoms with Crippen LogP contribution in [-0.4, -0.2) is 18.5 Å². The van der Waals surface area contributed by atoms with Gasteiger partial charge >= 0.3 is 0 Å². The van der Waals surface area contributed by atoms with Crippen LogP contribution in [0, 0.1) is 5.92 Å². The fourth-order valence-corrected chi connectivity index (χ4v) is 2.24. The number of aryl methyl sites for hydroxylation is 1. The zero-order valence-electron chi connectivity index (χ0n) is 11.5. The summed E-state index contributed by atoms with van der Waals surface area (Å²) in [7, 11) is 0. The van der Waals surface area contributed by atoms with Crippen molar-refractivity contribution in [2.45, 2.75) is 38.1 Å². The smallest absolute Gasteiger partial charge is 0.220 e. The maximum absolute atomic E-state index is 11.6. The molecule has 112 valence electrons. The molecular formula is C15H22Cl2N2O. The van der Waals surface area contributed by atoms with Crippen molar-refractivity contribution < 1.29 is 4.79 Å². The number of nitrogens with one attached hydrogen (secondary N) is 1. The number of carbonyl (C=O) groups is 1. The first-order valence-electron chi connectivity index (χ1n) is 6.92. The van der Waals surface area contributed by atoms with Crippen molar-refractivity contribution in [3.8, 4) is 0 Å². The Morgan fingerprint density at radius 3 is 2.60 bits per heavy atom. The van der Waals surface area contributed by atoms with Gasteiger partial charge in [0.1, 0.15) is 0 Å². The van der Waals surface area contributed by atoms with Gasteiger partial charge in [0.15, 0.2) is 0 Å². The van der Waals surface area contributed by atoms with Crippen LogP contribution in [0.15, 0.2) is 24.3 Å². The predicted molar refractivity (Wildman–Crippen MR) is 85.3 cm³/mol. The Balaban J connectivity index is 0.00000200. The molecule has 0 aliphatic heterocycles. The molecule has 5 heteroatoms. The molecule has 20 heavy (non-hydrogen) atoms. The number of nitrogens with two attached hydrogens (primary N) is 1. The van der Waals surface area contributed by atoms with E-state index in [-0.39, 0.29) is 24.4 Å². The molecule has 1 saturated carbocycles. The topological polar surface area (TPSA) is 55.1 Å². The van der Waals surface area contributed by atoms with Gasteiger partial charge in [-0.15, -0.1) is 12.4 Å². The highest BCUT2D eigenvalue weighted by atomic mass is 35.5. The third kappa shape index (κ3) is 6.12. The van der Waals surface area contributed by atoms with Crippen LogP contribution >= 0.6 is 24.0 Å². The van der Waals surface area contributed by atoms with Crippen LogP contribution in [0.1, 0.15) is 31.2 Å². The lowest BCUT2D eigenvalue weighted by molar-refractivity contribution is -0.121. The normalized spacial score (nSPS) is 15.3. The molecule has 0 aromatic heterocycles. The monoisotopic (exact) mass is 316 g/mol. The zero-order chi connectivity index (χ0) is 13.7. The molecule has 1 fully saturated rings. The zero-order valence-corrected chi connectivity index (χ0v) is 13.1. The lowest BCUT2D eigenvalue weighted by Crippen LogP contribution is -2.38. The van der Waals surface area contributed by atoms with Gasteiger partial charge in [-0.3, -0.25) is 4.79 Å². The molecule has 0 saturated heterocycles. The molecule has 1 aromatic carbocycles. The maximum Gasteiger partial charge on any atom is 0.220 e. The molecule has 3 nitrogen and oxygen atoms in total. The number of benzene rings is 1. The minimum absolute atomic E-state index is 0. The van der Waals surface area contributed by atoms with Crippen LogP contribution in [0.2, 0.25) is 5.02 Å². The maximum atomic E-state index is 11.6. The van der Waals surface area contributed by atoms with E-state index in [1.165, 1.54) is 18.4 Å². The summed E-state index contributed by atoms with van der Waals surface area (Å²) in [4.78, 5) is 11.6. The summed E-state index contributed by atoms with van der Waals surface area (Å²) < 4.78 is 0. The van der Waals surface area contributed by atoms with E-state index in [2.05, 4.69) is 5.32 Å². The first-order chi connectivity index (χ1) is 9.15. The second-order valence-corrected chi connectivity index (χ2v) is 5.72. The van der Waals surface area contributed by atoms with Gasteiger partial charge in [-0.05, 0) is 49.3 Å². The van der Waals surface area contributed by atoms with Crippen LogP contribution in [0.3, 0.4) is 0 Å². The quantitative estimate of drug-likeness (QED) is 0.812. The Morgan fingerprint density at radius 1 is 1.35 bits per heavy atom. The second-order valence-electron chi connectivity index (χ2n) is 5.29. The first-order valence-corrected chi connectivity index (χ1v) is 7.29. The Hall–Kier alpha value is -0.770. The SMILES string of the molecule is Cl.NC(CNC(=O)CCCc1ccc(Cl)cc1)C1CC1. The summed E-state index contributed by atoms with van der Waals surface area (Å²) in [5, 5.41) is 3.66.